The molecule has 14 heteroatoms. The van der Waals surface area contributed by atoms with Crippen molar-refractivity contribution >= 4 is 46.0 Å². The maximum absolute atomic E-state index is 12.2. The number of benzene rings is 1. The number of aliphatic hydroxyl groups is 2. The van der Waals surface area contributed by atoms with E-state index in [1.807, 2.05) is 5.38 Å². The molecule has 3 aromatic heterocycles. The molecule has 3 atom stereocenters. The third-order valence-electron chi connectivity index (χ3n) is 6.28. The Bertz CT molecular complexity index is 1540. The number of rotatable bonds is 12. The normalized spacial score (nSPS) is 14.8. The Hall–Kier alpha value is -3.90. The van der Waals surface area contributed by atoms with Gasteiger partial charge in [0.05, 0.1) is 17.8 Å². The van der Waals surface area contributed by atoms with Gasteiger partial charge in [0.15, 0.2) is 17.5 Å². The number of aliphatic hydroxyl groups excluding tert-OH is 1. The van der Waals surface area contributed by atoms with E-state index in [4.69, 9.17) is 27.5 Å². The lowest BCUT2D eigenvalue weighted by molar-refractivity contribution is -0.202. The van der Waals surface area contributed by atoms with Crippen molar-refractivity contribution < 1.29 is 39.5 Å². The summed E-state index contributed by atoms with van der Waals surface area (Å²) in [6.45, 7) is -0.831. The van der Waals surface area contributed by atoms with Crippen molar-refractivity contribution in [3.05, 3.63) is 65.0 Å². The average Bonchev–Trinajstić information content (AvgIpc) is 3.62. The summed E-state index contributed by atoms with van der Waals surface area (Å²) in [7, 11) is 1.13. The second kappa shape index (κ2) is 11.7. The van der Waals surface area contributed by atoms with Crippen LogP contribution in [0.4, 0.5) is 0 Å². The van der Waals surface area contributed by atoms with Crippen LogP contribution in [0.15, 0.2) is 54.2 Å². The molecule has 4 aromatic rings. The van der Waals surface area contributed by atoms with Crippen molar-refractivity contribution in [3.63, 3.8) is 0 Å². The fourth-order valence-electron chi connectivity index (χ4n) is 4.09. The molecule has 0 fully saturated rings. The molecule has 4 N–H and O–H groups in total. The number of hydrogen-bond donors (Lipinski definition) is 4. The summed E-state index contributed by atoms with van der Waals surface area (Å²) in [5, 5.41) is 44.2. The number of carbonyl (C=O) groups is 2. The van der Waals surface area contributed by atoms with Crippen molar-refractivity contribution in [1.82, 2.24) is 19.5 Å². The van der Waals surface area contributed by atoms with Gasteiger partial charge >= 0.3 is 11.9 Å². The molecule has 12 nitrogen and oxygen atoms in total. The van der Waals surface area contributed by atoms with Crippen molar-refractivity contribution in [2.75, 3.05) is 13.7 Å². The Morgan fingerprint density at radius 1 is 1.18 bits per heavy atom. The smallest absolute Gasteiger partial charge is 0.348 e. The van der Waals surface area contributed by atoms with Gasteiger partial charge in [0.25, 0.3) is 5.60 Å². The fourth-order valence-corrected chi connectivity index (χ4v) is 4.97. The minimum Gasteiger partial charge on any atom is -0.479 e. The number of halogens is 1. The van der Waals surface area contributed by atoms with Gasteiger partial charge in [-0.3, -0.25) is 4.57 Å². The number of carboxylic acids is 2. The molecule has 0 radical (unpaired) electrons. The molecule has 0 amide bonds. The SMILES string of the molecule is C#C[C@@](O)([C@@H](COC(Cc1ccccc1)(C(=O)O)C(=O)O)OC)[C@@H](O)n1cnc2c(-c3cccs3)nc(Cl)nc21. The summed E-state index contributed by atoms with van der Waals surface area (Å²) in [5.41, 5.74) is -4.28. The summed E-state index contributed by atoms with van der Waals surface area (Å²) in [6, 6.07) is 11.6. The van der Waals surface area contributed by atoms with E-state index in [0.29, 0.717) is 11.3 Å². The molecular weight excluding hydrogens is 564 g/mol. The number of nitrogens with zero attached hydrogens (tertiary/aromatic N) is 4. The Balaban J connectivity index is 1.68. The largest absolute Gasteiger partial charge is 0.479 e. The third kappa shape index (κ3) is 5.28. The van der Waals surface area contributed by atoms with Crippen LogP contribution in [0.5, 0.6) is 0 Å². The first-order valence-corrected chi connectivity index (χ1v) is 12.8. The van der Waals surface area contributed by atoms with Crippen LogP contribution in [0.3, 0.4) is 0 Å². The predicted octanol–water partition coefficient (Wildman–Crippen LogP) is 2.25. The van der Waals surface area contributed by atoms with Crippen LogP contribution >= 0.6 is 22.9 Å². The summed E-state index contributed by atoms with van der Waals surface area (Å²) < 4.78 is 11.8. The van der Waals surface area contributed by atoms with E-state index in [2.05, 4.69) is 20.9 Å². The number of methoxy groups -OCH3 is 1. The highest BCUT2D eigenvalue weighted by Crippen LogP contribution is 2.34. The molecule has 0 aliphatic carbocycles. The molecule has 0 bridgehead atoms. The van der Waals surface area contributed by atoms with E-state index < -0.39 is 48.5 Å². The summed E-state index contributed by atoms with van der Waals surface area (Å²) in [4.78, 5) is 37.7. The third-order valence-corrected chi connectivity index (χ3v) is 7.33. The molecule has 4 rings (SSSR count). The standard InChI is InChI=1S/C26H23ClN4O8S/c1-3-25(37,17(38-2)13-39-26(22(33)34,23(35)36)12-15-8-5-4-6-9-15)21(32)31-14-28-19-18(16-10-7-11-40-16)29-24(27)30-20(19)31/h1,4-11,14,17,21,32,37H,12-13H2,2H3,(H,33,34)(H,35,36)/t17-,21-,25-/m1/s1. The van der Waals surface area contributed by atoms with Crippen LogP contribution in [0.2, 0.25) is 5.28 Å². The summed E-state index contributed by atoms with van der Waals surface area (Å²) >= 11 is 7.51. The minimum atomic E-state index is -2.75. The number of hydrogen-bond acceptors (Lipinski definition) is 10. The zero-order chi connectivity index (χ0) is 29.1. The topological polar surface area (TPSA) is 177 Å². The highest BCUT2D eigenvalue weighted by atomic mass is 35.5. The Morgan fingerprint density at radius 3 is 2.45 bits per heavy atom. The zero-order valence-electron chi connectivity index (χ0n) is 20.8. The van der Waals surface area contributed by atoms with Gasteiger partial charge < -0.3 is 29.9 Å². The molecule has 0 aliphatic heterocycles. The van der Waals surface area contributed by atoms with Crippen molar-refractivity contribution in [2.24, 2.45) is 0 Å². The second-order valence-electron chi connectivity index (χ2n) is 8.62. The van der Waals surface area contributed by atoms with E-state index in [1.165, 1.54) is 17.7 Å². The van der Waals surface area contributed by atoms with Crippen LogP contribution in [0.1, 0.15) is 11.8 Å². The quantitative estimate of drug-likeness (QED) is 0.109. The summed E-state index contributed by atoms with van der Waals surface area (Å²) in [6.07, 6.45) is 2.67. The molecule has 0 spiro atoms. The highest BCUT2D eigenvalue weighted by molar-refractivity contribution is 7.13. The number of carboxylic acid groups (broad SMARTS) is 2. The lowest BCUT2D eigenvalue weighted by Gasteiger charge is -2.36. The molecule has 0 aliphatic rings. The van der Waals surface area contributed by atoms with Gasteiger partial charge in [-0.1, -0.05) is 42.3 Å². The van der Waals surface area contributed by atoms with Gasteiger partial charge in [0, 0.05) is 13.5 Å². The van der Waals surface area contributed by atoms with Crippen molar-refractivity contribution in [2.45, 2.75) is 30.0 Å². The predicted molar refractivity (Wildman–Crippen MR) is 144 cm³/mol. The number of imidazole rings is 1. The van der Waals surface area contributed by atoms with E-state index >= 15 is 0 Å². The maximum Gasteiger partial charge on any atom is 0.348 e. The first-order chi connectivity index (χ1) is 19.1. The molecule has 40 heavy (non-hydrogen) atoms. The van der Waals surface area contributed by atoms with Crippen LogP contribution in [0.25, 0.3) is 21.7 Å². The van der Waals surface area contributed by atoms with E-state index in [0.717, 1.165) is 16.6 Å². The Kier molecular flexibility index (Phi) is 8.50. The lowest BCUT2D eigenvalue weighted by atomic mass is 9.92. The molecule has 0 unspecified atom stereocenters. The van der Waals surface area contributed by atoms with Gasteiger partial charge in [0.1, 0.15) is 17.3 Å². The number of aliphatic carboxylic acids is 2. The zero-order valence-corrected chi connectivity index (χ0v) is 22.4. The number of ether oxygens (including phenoxy) is 2. The first kappa shape index (κ1) is 29.1. The lowest BCUT2D eigenvalue weighted by Crippen LogP contribution is -2.56. The Morgan fingerprint density at radius 2 is 1.88 bits per heavy atom. The highest BCUT2D eigenvalue weighted by Gasteiger charge is 2.51. The van der Waals surface area contributed by atoms with E-state index in [-0.39, 0.29) is 16.4 Å². The second-order valence-corrected chi connectivity index (χ2v) is 9.91. The van der Waals surface area contributed by atoms with Gasteiger partial charge in [-0.15, -0.1) is 17.8 Å². The number of fused-ring (bicyclic) bond motifs is 1. The molecular formula is C26H23ClN4O8S. The molecule has 0 saturated carbocycles. The number of thiophene rings is 1. The molecule has 1 aromatic carbocycles. The van der Waals surface area contributed by atoms with Gasteiger partial charge in [-0.2, -0.15) is 4.98 Å². The van der Waals surface area contributed by atoms with Gasteiger partial charge in [-0.25, -0.2) is 19.6 Å². The minimum absolute atomic E-state index is 0.0369. The van der Waals surface area contributed by atoms with Crippen LogP contribution < -0.4 is 0 Å². The number of terminal acetylenes is 1. The van der Waals surface area contributed by atoms with Crippen LogP contribution in [-0.2, 0) is 25.5 Å². The Labute approximate surface area is 236 Å². The van der Waals surface area contributed by atoms with Crippen molar-refractivity contribution in [1.29, 1.82) is 0 Å². The first-order valence-electron chi connectivity index (χ1n) is 11.6. The summed E-state index contributed by atoms with van der Waals surface area (Å²) in [5.74, 6) is -1.50. The van der Waals surface area contributed by atoms with Gasteiger partial charge in [0.2, 0.25) is 5.28 Å². The van der Waals surface area contributed by atoms with E-state index in [1.54, 1.807) is 42.5 Å². The number of aromatic nitrogens is 4. The molecule has 208 valence electrons. The molecule has 0 saturated heterocycles. The monoisotopic (exact) mass is 586 g/mol. The van der Waals surface area contributed by atoms with Crippen LogP contribution in [-0.4, -0.2) is 82.9 Å². The van der Waals surface area contributed by atoms with Gasteiger partial charge in [-0.05, 0) is 28.6 Å². The average molecular weight is 587 g/mol. The van der Waals surface area contributed by atoms with E-state index in [9.17, 15) is 30.0 Å². The van der Waals surface area contributed by atoms with Crippen LogP contribution in [0, 0.1) is 12.3 Å². The fraction of sp³-hybridized carbons (Fsp3) is 0.269. The van der Waals surface area contributed by atoms with Crippen molar-refractivity contribution in [3.8, 4) is 22.9 Å². The maximum atomic E-state index is 12.2. The molecule has 3 heterocycles.